The van der Waals surface area contributed by atoms with E-state index in [-0.39, 0.29) is 5.79 Å². The van der Waals surface area contributed by atoms with Crippen LogP contribution in [0, 0.1) is 0 Å². The molecular weight excluding hydrogens is 394 g/mol. The molecule has 1 aliphatic heterocycles. The number of anilines is 1. The first kappa shape index (κ1) is 21.6. The molecule has 0 bridgehead atoms. The number of ether oxygens (including phenoxy) is 3. The van der Waals surface area contributed by atoms with Gasteiger partial charge in [0.15, 0.2) is 12.1 Å². The molecule has 1 saturated carbocycles. The molecule has 1 spiro atoms. The third-order valence-electron chi connectivity index (χ3n) is 3.76. The van der Waals surface area contributed by atoms with Crippen LogP contribution in [0.25, 0.3) is 0 Å². The van der Waals surface area contributed by atoms with Gasteiger partial charge in [-0.1, -0.05) is 13.8 Å². The number of hydrogen-bond donors (Lipinski definition) is 1. The maximum absolute atomic E-state index is 11.0. The van der Waals surface area contributed by atoms with E-state index in [1.54, 1.807) is 14.2 Å². The van der Waals surface area contributed by atoms with Crippen molar-refractivity contribution in [1.29, 1.82) is 0 Å². The minimum Gasteiger partial charge on any atom is -0.388 e. The van der Waals surface area contributed by atoms with Gasteiger partial charge >= 0.3 is 0 Å². The molecule has 1 aliphatic carbocycles. The van der Waals surface area contributed by atoms with Crippen LogP contribution < -0.4 is 5.32 Å². The normalized spacial score (nSPS) is 19.0. The monoisotopic (exact) mass is 421 g/mol. The highest BCUT2D eigenvalue weighted by Crippen LogP contribution is 2.38. The first-order valence-electron chi connectivity index (χ1n) is 8.31. The number of nitrogens with one attached hydrogen (secondary N) is 1. The Kier molecular flexibility index (Phi) is 10.1. The SMILES string of the molecule is CC.COC.O=Cc1sc(Br)cc1NC1CCC2(CC1)OCCO2. The van der Waals surface area contributed by atoms with E-state index in [2.05, 4.69) is 26.0 Å². The lowest BCUT2D eigenvalue weighted by molar-refractivity contribution is -0.177. The molecule has 1 saturated heterocycles. The van der Waals surface area contributed by atoms with Crippen molar-refractivity contribution in [3.05, 3.63) is 14.7 Å². The standard InChI is InChI=1S/C13H16BrNO3S.C2H6O.C2H6/c14-12-7-10(11(8-16)19-12)15-9-1-3-13(4-2-9)17-5-6-18-13;1-3-2;1-2/h7-9,15H,1-6H2;1-2H3;1-2H3. The fraction of sp³-hybridized carbons (Fsp3) is 0.706. The van der Waals surface area contributed by atoms with Gasteiger partial charge in [0.1, 0.15) is 0 Å². The van der Waals surface area contributed by atoms with Crippen LogP contribution in [0.4, 0.5) is 5.69 Å². The lowest BCUT2D eigenvalue weighted by Gasteiger charge is -2.35. The van der Waals surface area contributed by atoms with Crippen molar-refractivity contribution in [1.82, 2.24) is 0 Å². The smallest absolute Gasteiger partial charge is 0.168 e. The number of aldehydes is 1. The van der Waals surface area contributed by atoms with Crippen molar-refractivity contribution < 1.29 is 19.0 Å². The first-order chi connectivity index (χ1) is 11.6. The Bertz CT molecular complexity index is 479. The summed E-state index contributed by atoms with van der Waals surface area (Å²) in [4.78, 5) is 11.7. The molecular formula is C17H28BrNO4S. The van der Waals surface area contributed by atoms with Crippen molar-refractivity contribution in [2.24, 2.45) is 0 Å². The lowest BCUT2D eigenvalue weighted by atomic mass is 9.90. The second kappa shape index (κ2) is 11.2. The summed E-state index contributed by atoms with van der Waals surface area (Å²) in [5.74, 6) is -0.319. The van der Waals surface area contributed by atoms with Gasteiger partial charge in [0.25, 0.3) is 0 Å². The molecule has 2 aliphatic rings. The number of rotatable bonds is 3. The zero-order chi connectivity index (χ0) is 18.0. The van der Waals surface area contributed by atoms with E-state index in [0.717, 1.165) is 46.3 Å². The van der Waals surface area contributed by atoms with Crippen molar-refractivity contribution in [2.45, 2.75) is 51.4 Å². The average Bonchev–Trinajstić information content (AvgIpc) is 3.19. The Morgan fingerprint density at radius 1 is 1.29 bits per heavy atom. The van der Waals surface area contributed by atoms with Gasteiger partial charge < -0.3 is 19.5 Å². The molecule has 24 heavy (non-hydrogen) atoms. The molecule has 1 aromatic heterocycles. The fourth-order valence-corrected chi connectivity index (χ4v) is 4.20. The summed E-state index contributed by atoms with van der Waals surface area (Å²) >= 11 is 4.88. The molecule has 1 N–H and O–H groups in total. The number of carbonyl (C=O) groups excluding carboxylic acids is 1. The van der Waals surface area contributed by atoms with Crippen LogP contribution in [0.1, 0.15) is 49.2 Å². The van der Waals surface area contributed by atoms with Crippen LogP contribution in [0.2, 0.25) is 0 Å². The lowest BCUT2D eigenvalue weighted by Crippen LogP contribution is -2.39. The summed E-state index contributed by atoms with van der Waals surface area (Å²) < 4.78 is 16.7. The van der Waals surface area contributed by atoms with Gasteiger partial charge in [0.2, 0.25) is 0 Å². The Morgan fingerprint density at radius 2 is 1.83 bits per heavy atom. The average molecular weight is 422 g/mol. The van der Waals surface area contributed by atoms with E-state index in [1.165, 1.54) is 11.3 Å². The van der Waals surface area contributed by atoms with E-state index in [0.29, 0.717) is 19.3 Å². The summed E-state index contributed by atoms with van der Waals surface area (Å²) in [7, 11) is 3.25. The Labute approximate surface area is 157 Å². The summed E-state index contributed by atoms with van der Waals surface area (Å²) in [5, 5.41) is 3.47. The largest absolute Gasteiger partial charge is 0.388 e. The van der Waals surface area contributed by atoms with Gasteiger partial charge in [-0.3, -0.25) is 4.79 Å². The van der Waals surface area contributed by atoms with E-state index >= 15 is 0 Å². The van der Waals surface area contributed by atoms with Crippen LogP contribution in [0.5, 0.6) is 0 Å². The van der Waals surface area contributed by atoms with Crippen LogP contribution >= 0.6 is 27.3 Å². The van der Waals surface area contributed by atoms with Crippen molar-refractivity contribution in [3.8, 4) is 0 Å². The molecule has 138 valence electrons. The van der Waals surface area contributed by atoms with Crippen LogP contribution in [0.15, 0.2) is 9.85 Å². The van der Waals surface area contributed by atoms with Crippen LogP contribution in [-0.2, 0) is 14.2 Å². The van der Waals surface area contributed by atoms with Gasteiger partial charge in [-0.05, 0) is 34.8 Å². The van der Waals surface area contributed by atoms with Crippen LogP contribution in [-0.4, -0.2) is 45.5 Å². The molecule has 0 amide bonds. The fourth-order valence-electron chi connectivity index (χ4n) is 2.78. The molecule has 3 rings (SSSR count). The first-order valence-corrected chi connectivity index (χ1v) is 9.92. The highest BCUT2D eigenvalue weighted by atomic mass is 79.9. The molecule has 5 nitrogen and oxygen atoms in total. The van der Waals surface area contributed by atoms with E-state index < -0.39 is 0 Å². The zero-order valence-electron chi connectivity index (χ0n) is 14.9. The second-order valence-electron chi connectivity index (χ2n) is 5.38. The van der Waals surface area contributed by atoms with Gasteiger partial charge in [-0.15, -0.1) is 11.3 Å². The third-order valence-corrected chi connectivity index (χ3v) is 5.32. The number of halogens is 1. The van der Waals surface area contributed by atoms with Gasteiger partial charge in [0.05, 0.1) is 27.6 Å². The highest BCUT2D eigenvalue weighted by molar-refractivity contribution is 9.11. The maximum atomic E-state index is 11.0. The van der Waals surface area contributed by atoms with Crippen molar-refractivity contribution in [2.75, 3.05) is 32.8 Å². The summed E-state index contributed by atoms with van der Waals surface area (Å²) in [5.41, 5.74) is 0.932. The molecule has 2 fully saturated rings. The van der Waals surface area contributed by atoms with E-state index in [4.69, 9.17) is 9.47 Å². The molecule has 0 unspecified atom stereocenters. The molecule has 0 atom stereocenters. The molecule has 2 heterocycles. The van der Waals surface area contributed by atoms with Gasteiger partial charge in [-0.2, -0.15) is 0 Å². The summed E-state index contributed by atoms with van der Waals surface area (Å²) in [6.45, 7) is 5.43. The van der Waals surface area contributed by atoms with E-state index in [1.807, 2.05) is 19.9 Å². The molecule has 0 radical (unpaired) electrons. The quantitative estimate of drug-likeness (QED) is 0.715. The van der Waals surface area contributed by atoms with Crippen molar-refractivity contribution in [3.63, 3.8) is 0 Å². The minimum atomic E-state index is -0.319. The Morgan fingerprint density at radius 3 is 2.33 bits per heavy atom. The second-order valence-corrected chi connectivity index (χ2v) is 7.84. The zero-order valence-corrected chi connectivity index (χ0v) is 17.3. The summed E-state index contributed by atoms with van der Waals surface area (Å²) in [6, 6.07) is 2.36. The Hall–Kier alpha value is -0.470. The van der Waals surface area contributed by atoms with Crippen molar-refractivity contribution >= 4 is 39.2 Å². The number of hydrogen-bond acceptors (Lipinski definition) is 6. The number of methoxy groups -OCH3 is 1. The Balaban J connectivity index is 0.000000521. The molecule has 7 heteroatoms. The number of thiophene rings is 1. The molecule has 1 aromatic rings. The minimum absolute atomic E-state index is 0.319. The van der Waals surface area contributed by atoms with Gasteiger partial charge in [0, 0.05) is 33.1 Å². The highest BCUT2D eigenvalue weighted by Gasteiger charge is 2.40. The summed E-state index contributed by atoms with van der Waals surface area (Å²) in [6.07, 6.45) is 4.77. The predicted octanol–water partition coefficient (Wildman–Crippen LogP) is 4.71. The maximum Gasteiger partial charge on any atom is 0.168 e. The molecule has 0 aromatic carbocycles. The van der Waals surface area contributed by atoms with E-state index in [9.17, 15) is 4.79 Å². The van der Waals surface area contributed by atoms with Crippen LogP contribution in [0.3, 0.4) is 0 Å². The van der Waals surface area contributed by atoms with Gasteiger partial charge in [-0.25, -0.2) is 0 Å². The topological polar surface area (TPSA) is 56.8 Å². The number of carbonyl (C=O) groups is 1. The predicted molar refractivity (Wildman–Crippen MR) is 102 cm³/mol. The third kappa shape index (κ3) is 6.11.